The van der Waals surface area contributed by atoms with Crippen LogP contribution in [0.5, 0.6) is 0 Å². The van der Waals surface area contributed by atoms with Crippen molar-refractivity contribution in [3.63, 3.8) is 0 Å². The molecule has 23 heavy (non-hydrogen) atoms. The predicted octanol–water partition coefficient (Wildman–Crippen LogP) is 7.38. The Morgan fingerprint density at radius 2 is 0.783 bits per heavy atom. The monoisotopic (exact) mass is 520 g/mol. The maximum absolute atomic E-state index is 3.44. The van der Waals surface area contributed by atoms with E-state index >= 15 is 0 Å². The largest absolute Gasteiger partial charge is 2.00 e. The van der Waals surface area contributed by atoms with Gasteiger partial charge in [0.05, 0.1) is 0 Å². The molecule has 0 unspecified atom stereocenters. The molecule has 0 aromatic carbocycles. The summed E-state index contributed by atoms with van der Waals surface area (Å²) < 4.78 is 0. The Labute approximate surface area is 184 Å². The van der Waals surface area contributed by atoms with E-state index in [0.29, 0.717) is 0 Å². The van der Waals surface area contributed by atoms with Crippen LogP contribution < -0.4 is 0 Å². The molecule has 0 saturated heterocycles. The first-order valence-corrected chi connectivity index (χ1v) is 7.50. The molecule has 2 aliphatic carbocycles. The van der Waals surface area contributed by atoms with Crippen LogP contribution in [0.15, 0.2) is 33.4 Å². The molecule has 0 radical (unpaired) electrons. The average Bonchev–Trinajstić information content (AvgIpc) is 2.60. The van der Waals surface area contributed by atoms with E-state index in [1.165, 1.54) is 33.4 Å². The van der Waals surface area contributed by atoms with Crippen LogP contribution in [0.4, 0.5) is 0 Å². The SMILES string of the molecule is Br.Br.CC1=[C-]C(C)(C)C(C)=C1C.CC1=[C-]C(C)(C)C(C)=C1C.[Zr+2]. The van der Waals surface area contributed by atoms with Gasteiger partial charge in [-0.1, -0.05) is 66.2 Å². The first-order valence-electron chi connectivity index (χ1n) is 7.50. The molecule has 0 aromatic rings. The Balaban J connectivity index is -0.000000308. The molecule has 130 valence electrons. The maximum atomic E-state index is 3.44. The van der Waals surface area contributed by atoms with Gasteiger partial charge in [0, 0.05) is 0 Å². The van der Waals surface area contributed by atoms with Crippen LogP contribution in [-0.4, -0.2) is 0 Å². The molecular formula is C20H32Br2Zr. The molecule has 0 aromatic heterocycles. The molecule has 0 aliphatic heterocycles. The molecule has 0 heterocycles. The fraction of sp³-hybridized carbons (Fsp3) is 0.600. The van der Waals surface area contributed by atoms with Crippen LogP contribution in [0.1, 0.15) is 69.2 Å². The zero-order valence-electron chi connectivity index (χ0n) is 16.3. The van der Waals surface area contributed by atoms with Crippen LogP contribution in [-0.2, 0) is 26.2 Å². The number of hydrogen-bond acceptors (Lipinski definition) is 0. The molecule has 0 fully saturated rings. The van der Waals surface area contributed by atoms with E-state index in [-0.39, 0.29) is 71.0 Å². The van der Waals surface area contributed by atoms with Crippen molar-refractivity contribution >= 4 is 34.0 Å². The van der Waals surface area contributed by atoms with Gasteiger partial charge in [0.25, 0.3) is 0 Å². The van der Waals surface area contributed by atoms with Crippen molar-refractivity contribution in [3.05, 3.63) is 45.6 Å². The minimum absolute atomic E-state index is 0. The van der Waals surface area contributed by atoms with E-state index in [2.05, 4.69) is 81.4 Å². The average molecular weight is 524 g/mol. The standard InChI is InChI=1S/2C10H15.2BrH.Zr/c2*1-7-6-10(4,5)9(3)8(7)2;;;/h2*1-5H3;2*1H;/q2*-1;;;+2. The van der Waals surface area contributed by atoms with Crippen molar-refractivity contribution in [2.45, 2.75) is 69.2 Å². The summed E-state index contributed by atoms with van der Waals surface area (Å²) in [6.07, 6.45) is 6.87. The Bertz CT molecular complexity index is 494. The molecule has 2 rings (SSSR count). The third-order valence-electron chi connectivity index (χ3n) is 5.12. The molecular weight excluding hydrogens is 491 g/mol. The van der Waals surface area contributed by atoms with E-state index in [1.54, 1.807) is 0 Å². The third kappa shape index (κ3) is 6.55. The van der Waals surface area contributed by atoms with Crippen LogP contribution in [0.25, 0.3) is 0 Å². The number of hydrogen-bond donors (Lipinski definition) is 0. The minimum atomic E-state index is 0. The molecule has 0 bridgehead atoms. The van der Waals surface area contributed by atoms with Gasteiger partial charge >= 0.3 is 26.2 Å². The van der Waals surface area contributed by atoms with Crippen molar-refractivity contribution in [2.75, 3.05) is 0 Å². The minimum Gasteiger partial charge on any atom is -0.263 e. The van der Waals surface area contributed by atoms with E-state index in [4.69, 9.17) is 0 Å². The van der Waals surface area contributed by atoms with Crippen molar-refractivity contribution < 1.29 is 26.2 Å². The van der Waals surface area contributed by atoms with Crippen LogP contribution >= 0.6 is 34.0 Å². The summed E-state index contributed by atoms with van der Waals surface area (Å²) >= 11 is 0. The summed E-state index contributed by atoms with van der Waals surface area (Å²) in [5, 5.41) is 0. The van der Waals surface area contributed by atoms with Crippen molar-refractivity contribution in [2.24, 2.45) is 10.8 Å². The summed E-state index contributed by atoms with van der Waals surface area (Å²) in [5.41, 5.74) is 8.79. The number of halogens is 2. The topological polar surface area (TPSA) is 0 Å². The van der Waals surface area contributed by atoms with E-state index in [1.807, 2.05) is 0 Å². The van der Waals surface area contributed by atoms with E-state index < -0.39 is 0 Å². The Morgan fingerprint density at radius 1 is 0.565 bits per heavy atom. The van der Waals surface area contributed by atoms with Gasteiger partial charge < -0.3 is 0 Å². The molecule has 0 amide bonds. The summed E-state index contributed by atoms with van der Waals surface area (Å²) in [6.45, 7) is 21.8. The van der Waals surface area contributed by atoms with Gasteiger partial charge in [-0.2, -0.15) is 22.3 Å². The Hall–Kier alpha value is 0.803. The first-order chi connectivity index (χ1) is 8.90. The van der Waals surface area contributed by atoms with Crippen LogP contribution in [0, 0.1) is 23.0 Å². The van der Waals surface area contributed by atoms with Gasteiger partial charge in [-0.15, -0.1) is 47.8 Å². The number of rotatable bonds is 0. The third-order valence-corrected chi connectivity index (χ3v) is 5.12. The van der Waals surface area contributed by atoms with Crippen molar-refractivity contribution in [1.29, 1.82) is 0 Å². The van der Waals surface area contributed by atoms with E-state index in [0.717, 1.165) is 0 Å². The fourth-order valence-corrected chi connectivity index (χ4v) is 2.81. The van der Waals surface area contributed by atoms with E-state index in [9.17, 15) is 0 Å². The van der Waals surface area contributed by atoms with Gasteiger partial charge in [-0.3, -0.25) is 12.2 Å². The molecule has 0 N–H and O–H groups in total. The second kappa shape index (κ2) is 10.1. The van der Waals surface area contributed by atoms with Crippen LogP contribution in [0.2, 0.25) is 0 Å². The smallest absolute Gasteiger partial charge is 0.263 e. The Morgan fingerprint density at radius 3 is 0.826 bits per heavy atom. The second-order valence-corrected chi connectivity index (χ2v) is 7.25. The zero-order valence-corrected chi connectivity index (χ0v) is 22.2. The van der Waals surface area contributed by atoms with Crippen LogP contribution in [0.3, 0.4) is 0 Å². The van der Waals surface area contributed by atoms with Crippen molar-refractivity contribution in [1.82, 2.24) is 0 Å². The molecule has 2 aliphatic rings. The van der Waals surface area contributed by atoms with Gasteiger partial charge in [-0.05, 0) is 0 Å². The normalized spacial score (nSPS) is 20.4. The Kier molecular flexibility index (Phi) is 12.5. The second-order valence-electron chi connectivity index (χ2n) is 7.25. The zero-order chi connectivity index (χ0) is 15.9. The van der Waals surface area contributed by atoms with Gasteiger partial charge in [0.1, 0.15) is 0 Å². The molecule has 0 saturated carbocycles. The maximum Gasteiger partial charge on any atom is 2.00 e. The summed E-state index contributed by atoms with van der Waals surface area (Å²) in [7, 11) is 0. The summed E-state index contributed by atoms with van der Waals surface area (Å²) in [5.74, 6) is 0. The molecule has 0 spiro atoms. The predicted molar refractivity (Wildman–Crippen MR) is 110 cm³/mol. The van der Waals surface area contributed by atoms with Crippen molar-refractivity contribution in [3.8, 4) is 0 Å². The first kappa shape index (κ1) is 28.6. The quantitative estimate of drug-likeness (QED) is 0.291. The summed E-state index contributed by atoms with van der Waals surface area (Å²) in [6, 6.07) is 0. The molecule has 3 heteroatoms. The summed E-state index contributed by atoms with van der Waals surface area (Å²) in [4.78, 5) is 0. The van der Waals surface area contributed by atoms with Gasteiger partial charge in [-0.25, -0.2) is 11.1 Å². The fourth-order valence-electron chi connectivity index (χ4n) is 2.81. The van der Waals surface area contributed by atoms with Gasteiger partial charge in [0.2, 0.25) is 0 Å². The molecule has 0 atom stereocenters. The number of allylic oxidation sites excluding steroid dienone is 8. The van der Waals surface area contributed by atoms with Gasteiger partial charge in [0.15, 0.2) is 0 Å². The molecule has 0 nitrogen and oxygen atoms in total.